The van der Waals surface area contributed by atoms with Crippen molar-refractivity contribution in [3.05, 3.63) is 0 Å². The van der Waals surface area contributed by atoms with Crippen molar-refractivity contribution in [2.45, 2.75) is 166 Å². The first-order valence-corrected chi connectivity index (χ1v) is 16.1. The Morgan fingerprint density at radius 1 is 0.659 bits per heavy atom. The lowest BCUT2D eigenvalue weighted by molar-refractivity contribution is -0.305. The van der Waals surface area contributed by atoms with E-state index in [0.717, 1.165) is 25.7 Å². The van der Waals surface area contributed by atoms with Crippen molar-refractivity contribution in [2.24, 2.45) is 0 Å². The lowest BCUT2D eigenvalue weighted by Gasteiger charge is -2.39. The summed E-state index contributed by atoms with van der Waals surface area (Å²) in [6.07, 6.45) is 11.0. The molecule has 1 heterocycles. The Morgan fingerprint density at radius 3 is 1.71 bits per heavy atom. The second kappa shape index (κ2) is 24.2. The van der Waals surface area contributed by atoms with Crippen LogP contribution in [0, 0.1) is 0 Å². The number of hydrogen-bond donors (Lipinski definition) is 4. The third kappa shape index (κ3) is 17.4. The van der Waals surface area contributed by atoms with E-state index in [9.17, 15) is 30.0 Å². The minimum absolute atomic E-state index is 0.218. The molecule has 10 nitrogen and oxygen atoms in total. The smallest absolute Gasteiger partial charge is 0.306 e. The van der Waals surface area contributed by atoms with Crippen LogP contribution >= 0.6 is 0 Å². The molecule has 0 radical (unpaired) electrons. The van der Waals surface area contributed by atoms with Gasteiger partial charge in [0, 0.05) is 12.8 Å². The molecule has 0 spiro atoms. The van der Waals surface area contributed by atoms with E-state index >= 15 is 0 Å². The second-order valence-corrected chi connectivity index (χ2v) is 11.3. The van der Waals surface area contributed by atoms with Crippen LogP contribution in [0.25, 0.3) is 0 Å². The Bertz CT molecular complexity index is 659. The highest BCUT2D eigenvalue weighted by Gasteiger charge is 2.44. The molecule has 6 atom stereocenters. The molecule has 1 saturated heterocycles. The summed E-state index contributed by atoms with van der Waals surface area (Å²) in [6, 6.07) is 0. The molecule has 0 aliphatic carbocycles. The Kier molecular flexibility index (Phi) is 22.2. The maximum Gasteiger partial charge on any atom is 0.306 e. The van der Waals surface area contributed by atoms with Gasteiger partial charge in [-0.15, -0.1) is 0 Å². The second-order valence-electron chi connectivity index (χ2n) is 11.3. The van der Waals surface area contributed by atoms with Crippen molar-refractivity contribution < 1.29 is 49.0 Å². The van der Waals surface area contributed by atoms with E-state index < -0.39 is 55.4 Å². The number of aliphatic hydroxyl groups excluding tert-OH is 4. The molecule has 0 saturated carbocycles. The van der Waals surface area contributed by atoms with Crippen LogP contribution < -0.4 is 0 Å². The van der Waals surface area contributed by atoms with Crippen molar-refractivity contribution in [1.82, 2.24) is 0 Å². The van der Waals surface area contributed by atoms with Crippen molar-refractivity contribution in [3.63, 3.8) is 0 Å². The van der Waals surface area contributed by atoms with Crippen LogP contribution in [0.4, 0.5) is 0 Å². The summed E-state index contributed by atoms with van der Waals surface area (Å²) in [7, 11) is 0. The number of ether oxygens (including phenoxy) is 4. The maximum atomic E-state index is 12.5. The van der Waals surface area contributed by atoms with E-state index in [-0.39, 0.29) is 26.1 Å². The van der Waals surface area contributed by atoms with Crippen LogP contribution in [0.2, 0.25) is 0 Å². The van der Waals surface area contributed by atoms with Crippen molar-refractivity contribution in [2.75, 3.05) is 19.8 Å². The van der Waals surface area contributed by atoms with Crippen molar-refractivity contribution in [1.29, 1.82) is 0 Å². The van der Waals surface area contributed by atoms with E-state index in [1.165, 1.54) is 64.2 Å². The zero-order valence-electron chi connectivity index (χ0n) is 25.6. The summed E-state index contributed by atoms with van der Waals surface area (Å²) in [5, 5.41) is 39.5. The minimum Gasteiger partial charge on any atom is -0.462 e. The first-order chi connectivity index (χ1) is 19.8. The molecule has 1 fully saturated rings. The molecule has 0 bridgehead atoms. The number of rotatable bonds is 25. The summed E-state index contributed by atoms with van der Waals surface area (Å²) in [4.78, 5) is 24.5. The van der Waals surface area contributed by atoms with Gasteiger partial charge in [-0.05, 0) is 12.8 Å². The molecule has 0 aromatic rings. The Hall–Kier alpha value is -1.30. The van der Waals surface area contributed by atoms with Gasteiger partial charge in [-0.1, -0.05) is 104 Å². The van der Waals surface area contributed by atoms with Crippen LogP contribution in [0.15, 0.2) is 0 Å². The fourth-order valence-corrected chi connectivity index (χ4v) is 4.81. The Balaban J connectivity index is 2.33. The zero-order chi connectivity index (χ0) is 30.3. The van der Waals surface area contributed by atoms with Crippen LogP contribution in [0.5, 0.6) is 0 Å². The number of aliphatic hydroxyl groups is 4. The van der Waals surface area contributed by atoms with Gasteiger partial charge in [0.1, 0.15) is 31.0 Å². The van der Waals surface area contributed by atoms with Crippen molar-refractivity contribution in [3.8, 4) is 0 Å². The number of unbranched alkanes of at least 4 members (excludes halogenated alkanes) is 14. The zero-order valence-corrected chi connectivity index (χ0v) is 25.6. The van der Waals surface area contributed by atoms with E-state index in [4.69, 9.17) is 18.9 Å². The highest BCUT2D eigenvalue weighted by molar-refractivity contribution is 5.70. The third-order valence-electron chi connectivity index (χ3n) is 7.49. The lowest BCUT2D eigenvalue weighted by atomic mass is 9.99. The minimum atomic E-state index is -1.58. The quantitative estimate of drug-likeness (QED) is 0.0893. The molecule has 0 aromatic carbocycles. The first kappa shape index (κ1) is 37.7. The standard InChI is InChI=1S/C31H58O10/c1-3-5-7-8-9-10-11-12-13-14-15-16-17-18-20-27(34)40-24(22-38-26(33)19-6-4-2)23-39-31-30(37)29(36)28(35)25(21-32)41-31/h24-25,28-32,35-37H,3-23H2,1-2H3. The van der Waals surface area contributed by atoms with Gasteiger partial charge >= 0.3 is 11.9 Å². The molecule has 6 unspecified atom stereocenters. The highest BCUT2D eigenvalue weighted by atomic mass is 16.7. The average Bonchev–Trinajstić information content (AvgIpc) is 2.97. The molecule has 242 valence electrons. The normalized spacial score (nSPS) is 23.3. The molecule has 1 rings (SSSR count). The van der Waals surface area contributed by atoms with E-state index in [0.29, 0.717) is 12.8 Å². The number of hydrogen-bond acceptors (Lipinski definition) is 10. The molecule has 10 heteroatoms. The fraction of sp³-hybridized carbons (Fsp3) is 0.935. The lowest BCUT2D eigenvalue weighted by Crippen LogP contribution is -2.59. The van der Waals surface area contributed by atoms with Gasteiger partial charge in [0.05, 0.1) is 13.2 Å². The predicted octanol–water partition coefficient (Wildman–Crippen LogP) is 4.32. The van der Waals surface area contributed by atoms with Crippen LogP contribution in [-0.2, 0) is 28.5 Å². The highest BCUT2D eigenvalue weighted by Crippen LogP contribution is 2.22. The van der Waals surface area contributed by atoms with E-state index in [1.807, 2.05) is 6.92 Å². The Labute approximate surface area is 247 Å². The van der Waals surface area contributed by atoms with Crippen LogP contribution in [0.1, 0.15) is 129 Å². The van der Waals surface area contributed by atoms with Gasteiger partial charge in [0.15, 0.2) is 12.4 Å². The molecular weight excluding hydrogens is 532 g/mol. The first-order valence-electron chi connectivity index (χ1n) is 16.1. The summed E-state index contributed by atoms with van der Waals surface area (Å²) >= 11 is 0. The molecule has 4 N–H and O–H groups in total. The average molecular weight is 591 g/mol. The van der Waals surface area contributed by atoms with Gasteiger partial charge in [0.2, 0.25) is 0 Å². The molecule has 1 aliphatic rings. The maximum absolute atomic E-state index is 12.5. The van der Waals surface area contributed by atoms with E-state index in [2.05, 4.69) is 6.92 Å². The SMILES string of the molecule is CCCCCCCCCCCCCCCCC(=O)OC(COC(=O)CCCC)COC1OC(CO)C(O)C(O)C1O. The van der Waals surface area contributed by atoms with Gasteiger partial charge in [0.25, 0.3) is 0 Å². The van der Waals surface area contributed by atoms with Gasteiger partial charge < -0.3 is 39.4 Å². The van der Waals surface area contributed by atoms with Gasteiger partial charge in [-0.25, -0.2) is 0 Å². The summed E-state index contributed by atoms with van der Waals surface area (Å²) in [5.41, 5.74) is 0. The molecule has 0 amide bonds. The number of carbonyl (C=O) groups is 2. The third-order valence-corrected chi connectivity index (χ3v) is 7.49. The van der Waals surface area contributed by atoms with Crippen molar-refractivity contribution >= 4 is 11.9 Å². The number of esters is 2. The van der Waals surface area contributed by atoms with Gasteiger partial charge in [-0.2, -0.15) is 0 Å². The summed E-state index contributed by atoms with van der Waals surface area (Å²) in [5.74, 6) is -0.844. The summed E-state index contributed by atoms with van der Waals surface area (Å²) in [6.45, 7) is 3.13. The Morgan fingerprint density at radius 2 is 1.17 bits per heavy atom. The van der Waals surface area contributed by atoms with Gasteiger partial charge in [-0.3, -0.25) is 9.59 Å². The monoisotopic (exact) mass is 590 g/mol. The fourth-order valence-electron chi connectivity index (χ4n) is 4.81. The molecule has 41 heavy (non-hydrogen) atoms. The molecule has 1 aliphatic heterocycles. The number of carbonyl (C=O) groups excluding carboxylic acids is 2. The largest absolute Gasteiger partial charge is 0.462 e. The van der Waals surface area contributed by atoms with Crippen LogP contribution in [-0.4, -0.2) is 89.0 Å². The van der Waals surface area contributed by atoms with Crippen LogP contribution in [0.3, 0.4) is 0 Å². The summed E-state index contributed by atoms with van der Waals surface area (Å²) < 4.78 is 21.6. The molecular formula is C31H58O10. The van der Waals surface area contributed by atoms with E-state index in [1.54, 1.807) is 0 Å². The molecule has 0 aromatic heterocycles. The predicted molar refractivity (Wildman–Crippen MR) is 155 cm³/mol. The topological polar surface area (TPSA) is 152 Å².